The topological polar surface area (TPSA) is 76.7 Å². The van der Waals surface area contributed by atoms with Crippen molar-refractivity contribution in [1.29, 1.82) is 0 Å². The highest BCUT2D eigenvalue weighted by molar-refractivity contribution is 5.70. The van der Waals surface area contributed by atoms with Crippen molar-refractivity contribution in [3.8, 4) is 11.1 Å². The Morgan fingerprint density at radius 3 is 2.22 bits per heavy atom. The van der Waals surface area contributed by atoms with Crippen LogP contribution in [0.5, 0.6) is 0 Å². The maximum Gasteiger partial charge on any atom is 0.411 e. The maximum absolute atomic E-state index is 13.5. The number of aliphatic hydroxyl groups is 1. The van der Waals surface area contributed by atoms with E-state index in [0.29, 0.717) is 37.2 Å². The van der Waals surface area contributed by atoms with E-state index in [4.69, 9.17) is 4.74 Å². The molecule has 0 aliphatic carbocycles. The predicted molar refractivity (Wildman–Crippen MR) is 145 cm³/mol. The molecule has 2 heterocycles. The lowest BCUT2D eigenvalue weighted by Crippen LogP contribution is -2.49. The first-order valence-corrected chi connectivity index (χ1v) is 13.1. The average molecular weight is 503 g/mol. The molecule has 0 radical (unpaired) electrons. The Balaban J connectivity index is 1.56. The van der Waals surface area contributed by atoms with Crippen LogP contribution in [-0.2, 0) is 10.3 Å². The molecule has 1 aliphatic heterocycles. The number of cyclic esters (lactones) is 1. The number of benzene rings is 2. The van der Waals surface area contributed by atoms with E-state index in [1.165, 1.54) is 0 Å². The quantitative estimate of drug-likeness (QED) is 0.288. The van der Waals surface area contributed by atoms with E-state index < -0.39 is 11.2 Å². The van der Waals surface area contributed by atoms with Crippen LogP contribution >= 0.6 is 0 Å². The third-order valence-corrected chi connectivity index (χ3v) is 7.48. The van der Waals surface area contributed by atoms with Crippen molar-refractivity contribution in [2.75, 3.05) is 6.54 Å². The fourth-order valence-corrected chi connectivity index (χ4v) is 5.31. The number of rotatable bonds is 8. The summed E-state index contributed by atoms with van der Waals surface area (Å²) in [6.07, 6.45) is 2.18. The number of pyridine rings is 1. The number of hydrogen-bond donors (Lipinski definition) is 1. The van der Waals surface area contributed by atoms with Crippen LogP contribution in [0.2, 0.25) is 0 Å². The number of carbonyl (C=O) groups is 1. The molecule has 0 saturated carbocycles. The Hall–Kier alpha value is -3.38. The Morgan fingerprint density at radius 2 is 1.68 bits per heavy atom. The molecule has 1 N–H and O–H groups in total. The van der Waals surface area contributed by atoms with Crippen molar-refractivity contribution in [2.24, 2.45) is 0 Å². The van der Waals surface area contributed by atoms with Crippen molar-refractivity contribution < 1.29 is 19.4 Å². The monoisotopic (exact) mass is 502 g/mol. The molecule has 6 nitrogen and oxygen atoms in total. The molecule has 2 atom stereocenters. The second-order valence-corrected chi connectivity index (χ2v) is 10.9. The third-order valence-electron chi connectivity index (χ3n) is 7.48. The Bertz CT molecular complexity index is 1210. The van der Waals surface area contributed by atoms with Gasteiger partial charge in [-0.25, -0.2) is 4.79 Å². The smallest absolute Gasteiger partial charge is 0.411 e. The molecule has 0 unspecified atom stereocenters. The van der Waals surface area contributed by atoms with Gasteiger partial charge < -0.3 is 20.0 Å². The minimum Gasteiger partial charge on any atom is -0.618 e. The molecule has 1 aliphatic rings. The molecular weight excluding hydrogens is 464 g/mol. The van der Waals surface area contributed by atoms with Gasteiger partial charge in [-0.05, 0) is 55.4 Å². The first-order chi connectivity index (χ1) is 17.5. The van der Waals surface area contributed by atoms with Crippen LogP contribution in [0.1, 0.15) is 75.0 Å². The minimum absolute atomic E-state index is 0.104. The number of amides is 1. The van der Waals surface area contributed by atoms with Crippen molar-refractivity contribution in [2.45, 2.75) is 77.5 Å². The number of hydrogen-bond acceptors (Lipinski definition) is 4. The first-order valence-electron chi connectivity index (χ1n) is 13.1. The van der Waals surface area contributed by atoms with E-state index in [2.05, 4.69) is 19.1 Å². The lowest BCUT2D eigenvalue weighted by molar-refractivity contribution is -0.619. The minimum atomic E-state index is -0.844. The highest BCUT2D eigenvalue weighted by Gasteiger charge is 2.44. The number of carbonyl (C=O) groups excluding carboxylic acids is 1. The fraction of sp³-hybridized carbons (Fsp3) is 0.419. The Labute approximate surface area is 220 Å². The van der Waals surface area contributed by atoms with Gasteiger partial charge in [0, 0.05) is 38.9 Å². The van der Waals surface area contributed by atoms with Crippen molar-refractivity contribution >= 4 is 6.09 Å². The second-order valence-electron chi connectivity index (χ2n) is 10.9. The highest BCUT2D eigenvalue weighted by Crippen LogP contribution is 2.42. The summed E-state index contributed by atoms with van der Waals surface area (Å²) in [5.41, 5.74) is 3.77. The van der Waals surface area contributed by atoms with Gasteiger partial charge in [-0.2, -0.15) is 4.73 Å². The molecule has 0 bridgehead atoms. The number of aryl methyl sites for hydroxylation is 2. The van der Waals surface area contributed by atoms with Gasteiger partial charge in [-0.1, -0.05) is 61.5 Å². The maximum atomic E-state index is 13.5. The number of ether oxygens (including phenoxy) is 1. The number of aromatic nitrogens is 1. The summed E-state index contributed by atoms with van der Waals surface area (Å²) in [6.45, 7) is 9.84. The largest absolute Gasteiger partial charge is 0.618 e. The van der Waals surface area contributed by atoms with E-state index >= 15 is 0 Å². The van der Waals surface area contributed by atoms with Crippen LogP contribution < -0.4 is 4.73 Å². The van der Waals surface area contributed by atoms with Gasteiger partial charge in [-0.15, -0.1) is 0 Å². The van der Waals surface area contributed by atoms with Crippen LogP contribution in [0, 0.1) is 19.1 Å². The molecule has 1 amide bonds. The third kappa shape index (κ3) is 5.80. The molecule has 196 valence electrons. The van der Waals surface area contributed by atoms with E-state index in [-0.39, 0.29) is 12.1 Å². The van der Waals surface area contributed by atoms with Gasteiger partial charge in [0.15, 0.2) is 11.4 Å². The molecule has 2 aromatic carbocycles. The van der Waals surface area contributed by atoms with Crippen LogP contribution in [0.4, 0.5) is 4.79 Å². The summed E-state index contributed by atoms with van der Waals surface area (Å²) in [5, 5.41) is 22.4. The van der Waals surface area contributed by atoms with Crippen LogP contribution in [-0.4, -0.2) is 28.2 Å². The molecule has 6 heteroatoms. The standard InChI is InChI=1S/C31H38N2O4/c1-6-28(25-14-12-24(13-15-25)26-20-22(2)33(36)23(3)21-26)32-19-18-31(37-29(32)34,17-16-30(4,5)35)27-10-8-7-9-11-27/h7-15,20-21,28,35H,6,16-19H2,1-5H3/t28-,31+/m0/s1. The molecule has 37 heavy (non-hydrogen) atoms. The van der Waals surface area contributed by atoms with Gasteiger partial charge in [0.1, 0.15) is 5.60 Å². The van der Waals surface area contributed by atoms with E-state index in [9.17, 15) is 15.1 Å². The average Bonchev–Trinajstić information content (AvgIpc) is 2.88. The van der Waals surface area contributed by atoms with E-state index in [1.54, 1.807) is 13.8 Å². The van der Waals surface area contributed by atoms with Crippen LogP contribution in [0.25, 0.3) is 11.1 Å². The first kappa shape index (κ1) is 26.7. The van der Waals surface area contributed by atoms with Crippen molar-refractivity contribution in [3.05, 3.63) is 94.5 Å². The zero-order chi connectivity index (χ0) is 26.8. The van der Waals surface area contributed by atoms with Crippen LogP contribution in [0.15, 0.2) is 66.7 Å². The predicted octanol–water partition coefficient (Wildman–Crippen LogP) is 6.34. The summed E-state index contributed by atoms with van der Waals surface area (Å²) in [7, 11) is 0. The summed E-state index contributed by atoms with van der Waals surface area (Å²) in [6, 6.07) is 21.8. The van der Waals surface area contributed by atoms with E-state index in [0.717, 1.165) is 33.4 Å². The van der Waals surface area contributed by atoms with Gasteiger partial charge >= 0.3 is 6.09 Å². The lowest BCUT2D eigenvalue weighted by Gasteiger charge is -2.44. The summed E-state index contributed by atoms with van der Waals surface area (Å²) >= 11 is 0. The molecule has 1 aromatic heterocycles. The molecule has 0 spiro atoms. The zero-order valence-corrected chi connectivity index (χ0v) is 22.5. The second kappa shape index (κ2) is 10.5. The molecule has 3 aromatic rings. The summed E-state index contributed by atoms with van der Waals surface area (Å²) in [4.78, 5) is 15.3. The number of nitrogens with zero attached hydrogens (tertiary/aromatic N) is 2. The lowest BCUT2D eigenvalue weighted by atomic mass is 9.82. The van der Waals surface area contributed by atoms with E-state index in [1.807, 2.05) is 73.3 Å². The van der Waals surface area contributed by atoms with Gasteiger partial charge in [0.25, 0.3) is 0 Å². The molecular formula is C31H38N2O4. The van der Waals surface area contributed by atoms with Crippen LogP contribution in [0.3, 0.4) is 0 Å². The normalized spacial score (nSPS) is 19.0. The van der Waals surface area contributed by atoms with Crippen molar-refractivity contribution in [3.63, 3.8) is 0 Å². The fourth-order valence-electron chi connectivity index (χ4n) is 5.31. The molecule has 1 saturated heterocycles. The van der Waals surface area contributed by atoms with Gasteiger partial charge in [-0.3, -0.25) is 0 Å². The summed E-state index contributed by atoms with van der Waals surface area (Å²) in [5.74, 6) is 0. The summed E-state index contributed by atoms with van der Waals surface area (Å²) < 4.78 is 7.18. The Morgan fingerprint density at radius 1 is 1.05 bits per heavy atom. The SMILES string of the molecule is CC[C@@H](c1ccc(-c2cc(C)[n+]([O-])c(C)c2)cc1)N1CC[C@](CCC(C)(C)O)(c2ccccc2)OC1=O. The van der Waals surface area contributed by atoms with Crippen molar-refractivity contribution in [1.82, 2.24) is 4.90 Å². The molecule has 1 fully saturated rings. The highest BCUT2D eigenvalue weighted by atomic mass is 16.6. The Kier molecular flexibility index (Phi) is 7.60. The molecule has 4 rings (SSSR count). The zero-order valence-electron chi connectivity index (χ0n) is 22.5. The van der Waals surface area contributed by atoms with Gasteiger partial charge in [0.05, 0.1) is 11.6 Å². The van der Waals surface area contributed by atoms with Gasteiger partial charge in [0.2, 0.25) is 0 Å².